The zero-order valence-electron chi connectivity index (χ0n) is 13.8. The monoisotopic (exact) mass is 331 g/mol. The van der Waals surface area contributed by atoms with Gasteiger partial charge in [0.2, 0.25) is 0 Å². The molecule has 1 atom stereocenters. The van der Waals surface area contributed by atoms with Crippen LogP contribution >= 0.6 is 12.4 Å². The van der Waals surface area contributed by atoms with E-state index in [1.165, 1.54) is 42.4 Å². The summed E-state index contributed by atoms with van der Waals surface area (Å²) < 4.78 is 5.40. The van der Waals surface area contributed by atoms with Gasteiger partial charge in [0.05, 0.1) is 7.11 Å². The van der Waals surface area contributed by atoms with Gasteiger partial charge in [0.15, 0.2) is 0 Å². The molecule has 0 saturated carbocycles. The Bertz CT molecular complexity index is 600. The topological polar surface area (TPSA) is 21.3 Å². The van der Waals surface area contributed by atoms with E-state index in [9.17, 15) is 0 Å². The first-order valence-electron chi connectivity index (χ1n) is 8.28. The van der Waals surface area contributed by atoms with Crippen molar-refractivity contribution in [3.05, 3.63) is 65.2 Å². The number of benzene rings is 2. The van der Waals surface area contributed by atoms with E-state index in [2.05, 4.69) is 53.8 Å². The molecule has 0 amide bonds. The van der Waals surface area contributed by atoms with E-state index >= 15 is 0 Å². The minimum atomic E-state index is 0. The van der Waals surface area contributed by atoms with Crippen LogP contribution in [0.5, 0.6) is 5.75 Å². The zero-order chi connectivity index (χ0) is 15.2. The largest absolute Gasteiger partial charge is 0.497 e. The molecule has 0 fully saturated rings. The molecule has 0 heterocycles. The number of aryl methyl sites for hydroxylation is 1. The summed E-state index contributed by atoms with van der Waals surface area (Å²) in [5, 5.41) is 3.74. The zero-order valence-corrected chi connectivity index (χ0v) is 14.6. The van der Waals surface area contributed by atoms with Crippen LogP contribution in [-0.4, -0.2) is 13.2 Å². The fourth-order valence-corrected chi connectivity index (χ4v) is 3.27. The number of hydrogen-bond donors (Lipinski definition) is 1. The summed E-state index contributed by atoms with van der Waals surface area (Å²) in [7, 11) is 1.75. The lowest BCUT2D eigenvalue weighted by Gasteiger charge is -2.23. The molecule has 1 N–H and O–H groups in total. The molecule has 1 unspecified atom stereocenters. The summed E-state index contributed by atoms with van der Waals surface area (Å²) in [6.45, 7) is 0.949. The van der Waals surface area contributed by atoms with Crippen molar-refractivity contribution in [1.82, 2.24) is 5.32 Å². The number of halogens is 1. The molecule has 1 aliphatic carbocycles. The van der Waals surface area contributed by atoms with Gasteiger partial charge in [-0.15, -0.1) is 12.4 Å². The highest BCUT2D eigenvalue weighted by molar-refractivity contribution is 5.85. The van der Waals surface area contributed by atoms with Crippen LogP contribution in [0.1, 0.15) is 36.0 Å². The summed E-state index contributed by atoms with van der Waals surface area (Å²) in [5.41, 5.74) is 4.30. The lowest BCUT2D eigenvalue weighted by atomic mass is 9.90. The molecule has 23 heavy (non-hydrogen) atoms. The molecule has 0 aliphatic heterocycles. The Morgan fingerprint density at radius 3 is 2.65 bits per heavy atom. The van der Waals surface area contributed by atoms with Gasteiger partial charge in [-0.1, -0.05) is 42.8 Å². The van der Waals surface area contributed by atoms with E-state index in [0.717, 1.165) is 18.7 Å². The van der Waals surface area contributed by atoms with Crippen LogP contribution < -0.4 is 10.1 Å². The van der Waals surface area contributed by atoms with Gasteiger partial charge in [0, 0.05) is 12.6 Å². The van der Waals surface area contributed by atoms with E-state index in [1.54, 1.807) is 7.11 Å². The van der Waals surface area contributed by atoms with Crippen LogP contribution in [0.2, 0.25) is 0 Å². The maximum atomic E-state index is 5.40. The molecule has 1 aliphatic rings. The predicted molar refractivity (Wildman–Crippen MR) is 98.6 cm³/mol. The summed E-state index contributed by atoms with van der Waals surface area (Å²) >= 11 is 0. The number of fused-ring (bicyclic) bond motifs is 1. The highest BCUT2D eigenvalue weighted by Crippen LogP contribution is 2.24. The lowest BCUT2D eigenvalue weighted by Crippen LogP contribution is -2.31. The number of methoxy groups -OCH3 is 1. The first-order valence-corrected chi connectivity index (χ1v) is 8.28. The number of hydrogen-bond acceptors (Lipinski definition) is 2. The van der Waals surface area contributed by atoms with Crippen LogP contribution in [0.4, 0.5) is 0 Å². The van der Waals surface area contributed by atoms with Crippen molar-refractivity contribution in [3.8, 4) is 5.75 Å². The Hall–Kier alpha value is -1.51. The van der Waals surface area contributed by atoms with Crippen molar-refractivity contribution < 1.29 is 4.74 Å². The molecule has 124 valence electrons. The smallest absolute Gasteiger partial charge is 0.119 e. The Morgan fingerprint density at radius 2 is 1.87 bits per heavy atom. The van der Waals surface area contributed by atoms with Crippen molar-refractivity contribution in [2.75, 3.05) is 7.11 Å². The van der Waals surface area contributed by atoms with Gasteiger partial charge in [0.25, 0.3) is 0 Å². The summed E-state index contributed by atoms with van der Waals surface area (Å²) in [6.07, 6.45) is 6.13. The molecular formula is C20H26ClNO. The Labute approximate surface area is 145 Å². The maximum Gasteiger partial charge on any atom is 0.119 e. The minimum absolute atomic E-state index is 0. The predicted octanol–water partition coefficient (Wildman–Crippen LogP) is 4.54. The third kappa shape index (κ3) is 4.98. The normalized spacial score (nSPS) is 17.3. The molecule has 0 saturated heterocycles. The van der Waals surface area contributed by atoms with Gasteiger partial charge < -0.3 is 10.1 Å². The second kappa shape index (κ2) is 8.95. The van der Waals surface area contributed by atoms with E-state index in [-0.39, 0.29) is 12.4 Å². The SMILES string of the molecule is COc1ccc2c(c1)CC(NCc1ccccc1)CCCC2.Cl. The van der Waals surface area contributed by atoms with Crippen molar-refractivity contribution in [3.63, 3.8) is 0 Å². The molecule has 0 aromatic heterocycles. The lowest BCUT2D eigenvalue weighted by molar-refractivity contribution is 0.411. The number of ether oxygens (including phenoxy) is 1. The van der Waals surface area contributed by atoms with Crippen molar-refractivity contribution in [1.29, 1.82) is 0 Å². The van der Waals surface area contributed by atoms with E-state index < -0.39 is 0 Å². The third-order valence-corrected chi connectivity index (χ3v) is 4.57. The first-order chi connectivity index (χ1) is 10.8. The van der Waals surface area contributed by atoms with Crippen LogP contribution in [0.15, 0.2) is 48.5 Å². The van der Waals surface area contributed by atoms with Crippen LogP contribution in [0, 0.1) is 0 Å². The van der Waals surface area contributed by atoms with E-state index in [1.807, 2.05) is 0 Å². The van der Waals surface area contributed by atoms with Gasteiger partial charge in [0.1, 0.15) is 5.75 Å². The molecule has 0 spiro atoms. The molecule has 2 nitrogen and oxygen atoms in total. The first kappa shape index (κ1) is 17.8. The van der Waals surface area contributed by atoms with Gasteiger partial charge in [-0.2, -0.15) is 0 Å². The quantitative estimate of drug-likeness (QED) is 0.887. The highest BCUT2D eigenvalue weighted by Gasteiger charge is 2.15. The molecule has 0 radical (unpaired) electrons. The minimum Gasteiger partial charge on any atom is -0.497 e. The number of nitrogens with one attached hydrogen (secondary N) is 1. The Morgan fingerprint density at radius 1 is 1.04 bits per heavy atom. The average molecular weight is 332 g/mol. The van der Waals surface area contributed by atoms with E-state index in [4.69, 9.17) is 4.74 Å². The molecule has 2 aromatic rings. The van der Waals surface area contributed by atoms with Crippen molar-refractivity contribution in [2.24, 2.45) is 0 Å². The molecule has 3 heteroatoms. The van der Waals surface area contributed by atoms with Crippen LogP contribution in [0.3, 0.4) is 0 Å². The Balaban J connectivity index is 0.00000192. The second-order valence-corrected chi connectivity index (χ2v) is 6.15. The summed E-state index contributed by atoms with van der Waals surface area (Å²) in [5.74, 6) is 0.973. The summed E-state index contributed by atoms with van der Waals surface area (Å²) in [4.78, 5) is 0. The average Bonchev–Trinajstić information content (AvgIpc) is 2.55. The molecule has 3 rings (SSSR count). The molecule has 2 aromatic carbocycles. The van der Waals surface area contributed by atoms with Crippen molar-refractivity contribution in [2.45, 2.75) is 44.7 Å². The summed E-state index contributed by atoms with van der Waals surface area (Å²) in [6, 6.07) is 17.8. The van der Waals surface area contributed by atoms with Gasteiger partial charge in [-0.3, -0.25) is 0 Å². The maximum absolute atomic E-state index is 5.40. The fraction of sp³-hybridized carbons (Fsp3) is 0.400. The van der Waals surface area contributed by atoms with Crippen LogP contribution in [-0.2, 0) is 19.4 Å². The van der Waals surface area contributed by atoms with Crippen LogP contribution in [0.25, 0.3) is 0 Å². The molecular weight excluding hydrogens is 306 g/mol. The van der Waals surface area contributed by atoms with Gasteiger partial charge in [-0.05, 0) is 54.5 Å². The third-order valence-electron chi connectivity index (χ3n) is 4.57. The fourth-order valence-electron chi connectivity index (χ4n) is 3.27. The van der Waals surface area contributed by atoms with Crippen molar-refractivity contribution >= 4 is 12.4 Å². The van der Waals surface area contributed by atoms with Gasteiger partial charge >= 0.3 is 0 Å². The Kier molecular flexibility index (Phi) is 6.94. The molecule has 0 bridgehead atoms. The number of rotatable bonds is 4. The van der Waals surface area contributed by atoms with E-state index in [0.29, 0.717) is 6.04 Å². The standard InChI is InChI=1S/C20H25NO.ClH/c1-22-20-12-11-17-9-5-6-10-19(13-18(17)14-20)21-15-16-7-3-2-4-8-16;/h2-4,7-8,11-12,14,19,21H,5-6,9-10,13,15H2,1H3;1H. The highest BCUT2D eigenvalue weighted by atomic mass is 35.5. The second-order valence-electron chi connectivity index (χ2n) is 6.15. The van der Waals surface area contributed by atoms with Gasteiger partial charge in [-0.25, -0.2) is 0 Å².